The maximum Gasteiger partial charge on any atom is 0.264 e. The lowest BCUT2D eigenvalue weighted by Gasteiger charge is -2.37. The first-order chi connectivity index (χ1) is 18.8. The molecule has 0 saturated carbocycles. The fourth-order valence-corrected chi connectivity index (χ4v) is 6.26. The second-order valence-corrected chi connectivity index (χ2v) is 11.5. The third-order valence-electron chi connectivity index (χ3n) is 7.66. The number of benzene rings is 3. The lowest BCUT2D eigenvalue weighted by atomic mass is 10.1. The van der Waals surface area contributed by atoms with Crippen LogP contribution in [0.1, 0.15) is 32.6 Å². The number of amides is 2. The first-order valence-corrected chi connectivity index (χ1v) is 14.3. The molecule has 6 nitrogen and oxygen atoms in total. The molecular weight excluding hydrogens is 504 g/mol. The maximum atomic E-state index is 13.1. The van der Waals surface area contributed by atoms with E-state index >= 15 is 0 Å². The molecule has 0 bridgehead atoms. The summed E-state index contributed by atoms with van der Waals surface area (Å²) in [4.78, 5) is 34.2. The van der Waals surface area contributed by atoms with E-state index in [0.717, 1.165) is 54.4 Å². The molecule has 0 unspecified atom stereocenters. The van der Waals surface area contributed by atoms with Gasteiger partial charge in [-0.25, -0.2) is 0 Å². The quantitative estimate of drug-likeness (QED) is 0.432. The SMILES string of the molecule is Cc1cccc(/C=C2/Sc3ccc(C(=O)NCCN4CCN(c5cccc(C)c5C)CC4)cc3N(C)C2=O)c1. The van der Waals surface area contributed by atoms with Gasteiger partial charge in [-0.1, -0.05) is 53.7 Å². The molecule has 0 aromatic heterocycles. The topological polar surface area (TPSA) is 55.9 Å². The molecule has 2 aliphatic rings. The molecule has 2 amide bonds. The average Bonchev–Trinajstić information content (AvgIpc) is 2.93. The molecule has 0 radical (unpaired) electrons. The molecule has 39 heavy (non-hydrogen) atoms. The second-order valence-electron chi connectivity index (χ2n) is 10.4. The Morgan fingerprint density at radius 1 is 0.949 bits per heavy atom. The molecule has 0 spiro atoms. The molecule has 1 saturated heterocycles. The van der Waals surface area contributed by atoms with Crippen LogP contribution in [0.3, 0.4) is 0 Å². The predicted molar refractivity (Wildman–Crippen MR) is 162 cm³/mol. The van der Waals surface area contributed by atoms with Crippen LogP contribution in [0.4, 0.5) is 11.4 Å². The Kier molecular flexibility index (Phi) is 8.10. The van der Waals surface area contributed by atoms with Crippen molar-refractivity contribution in [2.45, 2.75) is 25.7 Å². The molecule has 2 aliphatic heterocycles. The van der Waals surface area contributed by atoms with E-state index in [2.05, 4.69) is 53.2 Å². The molecule has 202 valence electrons. The van der Waals surface area contributed by atoms with E-state index in [0.29, 0.717) is 17.0 Å². The van der Waals surface area contributed by atoms with Crippen LogP contribution in [0.25, 0.3) is 6.08 Å². The molecule has 1 fully saturated rings. The minimum absolute atomic E-state index is 0.0634. The van der Waals surface area contributed by atoms with Gasteiger partial charge in [0.1, 0.15) is 0 Å². The maximum absolute atomic E-state index is 13.1. The van der Waals surface area contributed by atoms with Gasteiger partial charge in [-0.05, 0) is 67.8 Å². The van der Waals surface area contributed by atoms with Gasteiger partial charge in [0.2, 0.25) is 0 Å². The molecular formula is C32H36N4O2S. The minimum atomic E-state index is -0.112. The van der Waals surface area contributed by atoms with E-state index in [4.69, 9.17) is 0 Å². The zero-order chi connectivity index (χ0) is 27.5. The Hall–Kier alpha value is -3.55. The van der Waals surface area contributed by atoms with Crippen LogP contribution < -0.4 is 15.1 Å². The number of nitrogens with one attached hydrogen (secondary N) is 1. The number of carbonyl (C=O) groups is 2. The standard InChI is InChI=1S/C32H36N4O2S/c1-22-7-5-9-25(19-22)20-30-32(38)34(4)28-21-26(11-12-29(28)39-30)31(37)33-13-14-35-15-17-36(18-16-35)27-10-6-8-23(2)24(27)3/h5-12,19-21H,13-18H2,1-4H3,(H,33,37)/b30-20+. The molecule has 1 N–H and O–H groups in total. The largest absolute Gasteiger partial charge is 0.369 e. The van der Waals surface area contributed by atoms with Gasteiger partial charge in [-0.3, -0.25) is 14.5 Å². The van der Waals surface area contributed by atoms with Gasteiger partial charge in [0.25, 0.3) is 11.8 Å². The molecule has 0 atom stereocenters. The third kappa shape index (κ3) is 6.05. The normalized spacial score (nSPS) is 16.9. The molecule has 5 rings (SSSR count). The van der Waals surface area contributed by atoms with E-state index in [-0.39, 0.29) is 11.8 Å². The first kappa shape index (κ1) is 27.0. The van der Waals surface area contributed by atoms with Crippen LogP contribution in [0.5, 0.6) is 0 Å². The summed E-state index contributed by atoms with van der Waals surface area (Å²) in [7, 11) is 1.77. The van der Waals surface area contributed by atoms with Crippen LogP contribution in [0.15, 0.2) is 70.5 Å². The smallest absolute Gasteiger partial charge is 0.264 e. The summed E-state index contributed by atoms with van der Waals surface area (Å²) in [6.45, 7) is 11.7. The zero-order valence-corrected chi connectivity index (χ0v) is 24.0. The first-order valence-electron chi connectivity index (χ1n) is 13.5. The highest BCUT2D eigenvalue weighted by Gasteiger charge is 2.27. The molecule has 0 aliphatic carbocycles. The summed E-state index contributed by atoms with van der Waals surface area (Å²) in [6, 6.07) is 20.2. The summed E-state index contributed by atoms with van der Waals surface area (Å²) in [5.74, 6) is -0.176. The van der Waals surface area contributed by atoms with Crippen LogP contribution in [0.2, 0.25) is 0 Å². The number of thioether (sulfide) groups is 1. The number of nitrogens with zero attached hydrogens (tertiary/aromatic N) is 3. The average molecular weight is 541 g/mol. The van der Waals surface area contributed by atoms with Crippen molar-refractivity contribution in [3.63, 3.8) is 0 Å². The zero-order valence-electron chi connectivity index (χ0n) is 23.2. The van der Waals surface area contributed by atoms with Crippen molar-refractivity contribution >= 4 is 41.0 Å². The highest BCUT2D eigenvalue weighted by molar-refractivity contribution is 8.04. The van der Waals surface area contributed by atoms with Crippen molar-refractivity contribution in [1.82, 2.24) is 10.2 Å². The van der Waals surface area contributed by atoms with Crippen LogP contribution >= 0.6 is 11.8 Å². The van der Waals surface area contributed by atoms with Gasteiger partial charge >= 0.3 is 0 Å². The number of rotatable bonds is 6. The van der Waals surface area contributed by atoms with Crippen molar-refractivity contribution in [1.29, 1.82) is 0 Å². The Morgan fingerprint density at radius 3 is 2.49 bits per heavy atom. The third-order valence-corrected chi connectivity index (χ3v) is 8.74. The fraction of sp³-hybridized carbons (Fsp3) is 0.312. The number of anilines is 2. The van der Waals surface area contributed by atoms with Gasteiger partial charge in [0, 0.05) is 62.5 Å². The number of hydrogen-bond donors (Lipinski definition) is 1. The monoisotopic (exact) mass is 540 g/mol. The van der Waals surface area contributed by atoms with Gasteiger partial charge in [0.05, 0.1) is 10.6 Å². The highest BCUT2D eigenvalue weighted by atomic mass is 32.2. The Balaban J connectivity index is 1.15. The summed E-state index contributed by atoms with van der Waals surface area (Å²) in [5.41, 5.74) is 7.50. The molecule has 3 aromatic rings. The number of hydrogen-bond acceptors (Lipinski definition) is 5. The van der Waals surface area contributed by atoms with E-state index in [9.17, 15) is 9.59 Å². The molecule has 2 heterocycles. The second kappa shape index (κ2) is 11.7. The van der Waals surface area contributed by atoms with Crippen LogP contribution in [0, 0.1) is 20.8 Å². The Labute approximate surface area is 235 Å². The lowest BCUT2D eigenvalue weighted by molar-refractivity contribution is -0.114. The Morgan fingerprint density at radius 2 is 1.72 bits per heavy atom. The van der Waals surface area contributed by atoms with Crippen LogP contribution in [-0.2, 0) is 4.79 Å². The van der Waals surface area contributed by atoms with Crippen molar-refractivity contribution < 1.29 is 9.59 Å². The van der Waals surface area contributed by atoms with Gasteiger partial charge in [-0.2, -0.15) is 0 Å². The number of carbonyl (C=O) groups excluding carboxylic acids is 2. The van der Waals surface area contributed by atoms with Crippen molar-refractivity contribution in [2.75, 3.05) is 56.1 Å². The van der Waals surface area contributed by atoms with E-state index in [1.807, 2.05) is 49.4 Å². The van der Waals surface area contributed by atoms with E-state index in [1.165, 1.54) is 28.6 Å². The predicted octanol–water partition coefficient (Wildman–Crippen LogP) is 5.27. The van der Waals surface area contributed by atoms with E-state index in [1.54, 1.807) is 11.9 Å². The number of fused-ring (bicyclic) bond motifs is 1. The number of piperazine rings is 1. The minimum Gasteiger partial charge on any atom is -0.369 e. The van der Waals surface area contributed by atoms with Crippen molar-refractivity contribution in [3.8, 4) is 0 Å². The molecule has 3 aromatic carbocycles. The summed E-state index contributed by atoms with van der Waals surface area (Å²) in [6.07, 6.45) is 1.93. The van der Waals surface area contributed by atoms with Crippen molar-refractivity contribution in [2.24, 2.45) is 0 Å². The van der Waals surface area contributed by atoms with Crippen LogP contribution in [-0.4, -0.2) is 63.0 Å². The number of likely N-dealkylation sites (N-methyl/N-ethyl adjacent to an activating group) is 1. The summed E-state index contributed by atoms with van der Waals surface area (Å²) >= 11 is 1.45. The van der Waals surface area contributed by atoms with Gasteiger partial charge in [-0.15, -0.1) is 0 Å². The van der Waals surface area contributed by atoms with Gasteiger partial charge < -0.3 is 15.1 Å². The van der Waals surface area contributed by atoms with Gasteiger partial charge in [0.15, 0.2) is 0 Å². The molecule has 7 heteroatoms. The van der Waals surface area contributed by atoms with Crippen molar-refractivity contribution in [3.05, 3.63) is 93.4 Å². The lowest BCUT2D eigenvalue weighted by Crippen LogP contribution is -2.48. The fourth-order valence-electron chi connectivity index (χ4n) is 5.17. The highest BCUT2D eigenvalue weighted by Crippen LogP contribution is 2.42. The van der Waals surface area contributed by atoms with E-state index < -0.39 is 0 Å². The summed E-state index contributed by atoms with van der Waals surface area (Å²) < 4.78 is 0. The summed E-state index contributed by atoms with van der Waals surface area (Å²) in [5, 5.41) is 3.07. The Bertz CT molecular complexity index is 1430. The number of aryl methyl sites for hydroxylation is 2.